The van der Waals surface area contributed by atoms with Crippen molar-refractivity contribution in [3.8, 4) is 0 Å². The van der Waals surface area contributed by atoms with E-state index in [9.17, 15) is 0 Å². The summed E-state index contributed by atoms with van der Waals surface area (Å²) in [5.41, 5.74) is 5.55. The Kier molecular flexibility index (Phi) is 4.93. The van der Waals surface area contributed by atoms with Crippen molar-refractivity contribution in [1.29, 1.82) is 0 Å². The van der Waals surface area contributed by atoms with Crippen LogP contribution in [0.3, 0.4) is 0 Å². The molecule has 1 saturated heterocycles. The van der Waals surface area contributed by atoms with E-state index in [4.69, 9.17) is 10.5 Å². The number of nitrogens with two attached hydrogens (primary N) is 1. The van der Waals surface area contributed by atoms with Crippen molar-refractivity contribution in [2.45, 2.75) is 13.3 Å². The number of aromatic nitrogens is 2. The molecule has 2 N–H and O–H groups in total. The Bertz CT molecular complexity index is 406. The largest absolute Gasteiger partial charge is 0.378 e. The number of aryl methyl sites for hydroxylation is 1. The van der Waals surface area contributed by atoms with Crippen LogP contribution in [-0.2, 0) is 4.74 Å². The Hall–Kier alpha value is -1.40. The maximum atomic E-state index is 5.55. The Morgan fingerprint density at radius 2 is 2.11 bits per heavy atom. The summed E-state index contributed by atoms with van der Waals surface area (Å²) in [5.74, 6) is 2.76. The highest BCUT2D eigenvalue weighted by Crippen LogP contribution is 2.19. The van der Waals surface area contributed by atoms with E-state index in [-0.39, 0.29) is 0 Å². The summed E-state index contributed by atoms with van der Waals surface area (Å²) >= 11 is 0. The van der Waals surface area contributed by atoms with Crippen molar-refractivity contribution in [3.05, 3.63) is 11.9 Å². The first-order valence-corrected chi connectivity index (χ1v) is 6.80. The van der Waals surface area contributed by atoms with Gasteiger partial charge in [0.2, 0.25) is 0 Å². The SMILES string of the molecule is Cc1nc(N(C)CCCN)cc(N2CCOCC2)n1. The Morgan fingerprint density at radius 1 is 1.37 bits per heavy atom. The number of morpholine rings is 1. The quantitative estimate of drug-likeness (QED) is 0.831. The van der Waals surface area contributed by atoms with Crippen molar-refractivity contribution < 1.29 is 4.74 Å². The summed E-state index contributed by atoms with van der Waals surface area (Å²) < 4.78 is 5.37. The molecule has 1 aliphatic heterocycles. The smallest absolute Gasteiger partial charge is 0.134 e. The number of rotatable bonds is 5. The first-order valence-electron chi connectivity index (χ1n) is 6.80. The minimum atomic E-state index is 0.699. The molecule has 0 unspecified atom stereocenters. The number of hydrogen-bond acceptors (Lipinski definition) is 6. The molecule has 1 aromatic rings. The van der Waals surface area contributed by atoms with Gasteiger partial charge in [-0.2, -0.15) is 0 Å². The third kappa shape index (κ3) is 3.78. The molecule has 19 heavy (non-hydrogen) atoms. The monoisotopic (exact) mass is 265 g/mol. The fourth-order valence-electron chi connectivity index (χ4n) is 2.13. The van der Waals surface area contributed by atoms with Crippen LogP contribution in [0.2, 0.25) is 0 Å². The van der Waals surface area contributed by atoms with Gasteiger partial charge in [0.25, 0.3) is 0 Å². The Labute approximate surface area is 114 Å². The summed E-state index contributed by atoms with van der Waals surface area (Å²) in [6.45, 7) is 6.86. The van der Waals surface area contributed by atoms with Crippen LogP contribution >= 0.6 is 0 Å². The normalized spacial score (nSPS) is 15.6. The van der Waals surface area contributed by atoms with Gasteiger partial charge in [-0.05, 0) is 19.9 Å². The van der Waals surface area contributed by atoms with Crippen molar-refractivity contribution in [2.75, 3.05) is 56.2 Å². The first kappa shape index (κ1) is 14.0. The minimum Gasteiger partial charge on any atom is -0.378 e. The van der Waals surface area contributed by atoms with E-state index in [1.54, 1.807) is 0 Å². The van der Waals surface area contributed by atoms with E-state index in [0.29, 0.717) is 6.54 Å². The first-order chi connectivity index (χ1) is 9.20. The lowest BCUT2D eigenvalue weighted by molar-refractivity contribution is 0.122. The average molecular weight is 265 g/mol. The van der Waals surface area contributed by atoms with E-state index in [1.165, 1.54) is 0 Å². The van der Waals surface area contributed by atoms with Gasteiger partial charge in [-0.25, -0.2) is 9.97 Å². The molecule has 0 bridgehead atoms. The van der Waals surface area contributed by atoms with Crippen LogP contribution in [0, 0.1) is 6.92 Å². The standard InChI is InChI=1S/C13H23N5O/c1-11-15-12(17(2)5-3-4-14)10-13(16-11)18-6-8-19-9-7-18/h10H,3-9,14H2,1-2H3. The molecule has 2 heterocycles. The summed E-state index contributed by atoms with van der Waals surface area (Å²) in [4.78, 5) is 13.4. The zero-order valence-corrected chi connectivity index (χ0v) is 11.8. The molecule has 0 spiro atoms. The van der Waals surface area contributed by atoms with Crippen LogP contribution in [0.15, 0.2) is 6.07 Å². The van der Waals surface area contributed by atoms with E-state index in [0.717, 1.165) is 56.7 Å². The zero-order chi connectivity index (χ0) is 13.7. The van der Waals surface area contributed by atoms with Gasteiger partial charge in [0.1, 0.15) is 17.5 Å². The molecule has 6 nitrogen and oxygen atoms in total. The predicted molar refractivity (Wildman–Crippen MR) is 76.7 cm³/mol. The van der Waals surface area contributed by atoms with Crippen molar-refractivity contribution in [1.82, 2.24) is 9.97 Å². The minimum absolute atomic E-state index is 0.699. The van der Waals surface area contributed by atoms with Crippen molar-refractivity contribution in [3.63, 3.8) is 0 Å². The summed E-state index contributed by atoms with van der Waals surface area (Å²) in [7, 11) is 2.04. The highest BCUT2D eigenvalue weighted by molar-refractivity contribution is 5.50. The van der Waals surface area contributed by atoms with Gasteiger partial charge in [-0.3, -0.25) is 0 Å². The second-order valence-electron chi connectivity index (χ2n) is 4.79. The van der Waals surface area contributed by atoms with Gasteiger partial charge in [0.05, 0.1) is 13.2 Å². The average Bonchev–Trinajstić information content (AvgIpc) is 2.45. The van der Waals surface area contributed by atoms with Gasteiger partial charge in [0.15, 0.2) is 0 Å². The number of hydrogen-bond donors (Lipinski definition) is 1. The molecule has 106 valence electrons. The van der Waals surface area contributed by atoms with Crippen LogP contribution in [0.25, 0.3) is 0 Å². The molecule has 1 aliphatic rings. The molecular weight excluding hydrogens is 242 g/mol. The Morgan fingerprint density at radius 3 is 2.79 bits per heavy atom. The lowest BCUT2D eigenvalue weighted by Gasteiger charge is -2.29. The second kappa shape index (κ2) is 6.68. The zero-order valence-electron chi connectivity index (χ0n) is 11.8. The van der Waals surface area contributed by atoms with Crippen LogP contribution in [0.5, 0.6) is 0 Å². The van der Waals surface area contributed by atoms with E-state index in [2.05, 4.69) is 25.8 Å². The molecule has 1 fully saturated rings. The van der Waals surface area contributed by atoms with Gasteiger partial charge < -0.3 is 20.3 Å². The fourth-order valence-corrected chi connectivity index (χ4v) is 2.13. The number of nitrogens with zero attached hydrogens (tertiary/aromatic N) is 4. The fraction of sp³-hybridized carbons (Fsp3) is 0.692. The van der Waals surface area contributed by atoms with Crippen LogP contribution in [0.4, 0.5) is 11.6 Å². The highest BCUT2D eigenvalue weighted by atomic mass is 16.5. The second-order valence-corrected chi connectivity index (χ2v) is 4.79. The molecule has 0 saturated carbocycles. The van der Waals surface area contributed by atoms with Crippen molar-refractivity contribution >= 4 is 11.6 Å². The number of anilines is 2. The van der Waals surface area contributed by atoms with Crippen LogP contribution in [0.1, 0.15) is 12.2 Å². The highest BCUT2D eigenvalue weighted by Gasteiger charge is 2.15. The molecule has 0 radical (unpaired) electrons. The van der Waals surface area contributed by atoms with Crippen LogP contribution in [-0.4, -0.2) is 56.4 Å². The molecule has 0 aliphatic carbocycles. The van der Waals surface area contributed by atoms with Crippen molar-refractivity contribution in [2.24, 2.45) is 5.73 Å². The maximum absolute atomic E-state index is 5.55. The molecule has 1 aromatic heterocycles. The molecule has 2 rings (SSSR count). The maximum Gasteiger partial charge on any atom is 0.134 e. The molecular formula is C13H23N5O. The third-order valence-corrected chi connectivity index (χ3v) is 3.23. The third-order valence-electron chi connectivity index (χ3n) is 3.23. The molecule has 0 aromatic carbocycles. The lowest BCUT2D eigenvalue weighted by atomic mass is 10.3. The van der Waals surface area contributed by atoms with E-state index >= 15 is 0 Å². The molecule has 0 amide bonds. The van der Waals surface area contributed by atoms with Crippen LogP contribution < -0.4 is 15.5 Å². The number of ether oxygens (including phenoxy) is 1. The van der Waals surface area contributed by atoms with E-state index < -0.39 is 0 Å². The molecule has 6 heteroatoms. The van der Waals surface area contributed by atoms with E-state index in [1.807, 2.05) is 14.0 Å². The summed E-state index contributed by atoms with van der Waals surface area (Å²) in [6.07, 6.45) is 0.965. The van der Waals surface area contributed by atoms with Gasteiger partial charge >= 0.3 is 0 Å². The summed E-state index contributed by atoms with van der Waals surface area (Å²) in [6, 6.07) is 2.05. The van der Waals surface area contributed by atoms with Gasteiger partial charge in [-0.1, -0.05) is 0 Å². The molecule has 0 atom stereocenters. The lowest BCUT2D eigenvalue weighted by Crippen LogP contribution is -2.37. The predicted octanol–water partition coefficient (Wildman–Crippen LogP) is 0.407. The van der Waals surface area contributed by atoms with Gasteiger partial charge in [-0.15, -0.1) is 0 Å². The topological polar surface area (TPSA) is 67.5 Å². The Balaban J connectivity index is 2.13. The van der Waals surface area contributed by atoms with Gasteiger partial charge in [0, 0.05) is 32.7 Å². The summed E-state index contributed by atoms with van der Waals surface area (Å²) in [5, 5.41) is 0.